The predicted molar refractivity (Wildman–Crippen MR) is 42.5 cm³/mol. The highest BCUT2D eigenvalue weighted by atomic mass is 16.1. The number of nitrogens with one attached hydrogen (secondary N) is 1. The highest BCUT2D eigenvalue weighted by molar-refractivity contribution is 5.77. The van der Waals surface area contributed by atoms with E-state index in [1.165, 1.54) is 12.8 Å². The topological polar surface area (TPSA) is 52.9 Å². The zero-order valence-electron chi connectivity index (χ0n) is 6.89. The molecule has 3 nitrogen and oxygen atoms in total. The summed E-state index contributed by atoms with van der Waals surface area (Å²) in [5, 5.41) is 10.1. The zero-order chi connectivity index (χ0) is 8.53. The number of nitriles is 1. The third-order valence-corrected chi connectivity index (χ3v) is 1.45. The molecule has 0 aromatic heterocycles. The first-order valence-electron chi connectivity index (χ1n) is 3.99. The quantitative estimate of drug-likeness (QED) is 0.371. The SMILES string of the molecule is CCCCCCC(=O)NC#N. The average molecular weight is 154 g/mol. The third kappa shape index (κ3) is 6.85. The highest BCUT2D eigenvalue weighted by Crippen LogP contribution is 2.01. The molecule has 62 valence electrons. The molecule has 0 saturated carbocycles. The second-order valence-corrected chi connectivity index (χ2v) is 2.47. The molecule has 0 rings (SSSR count). The molecule has 0 heterocycles. The van der Waals surface area contributed by atoms with Gasteiger partial charge in [-0.05, 0) is 6.42 Å². The largest absolute Gasteiger partial charge is 0.274 e. The number of hydrogen-bond acceptors (Lipinski definition) is 2. The number of nitrogens with zero attached hydrogens (tertiary/aromatic N) is 1. The van der Waals surface area contributed by atoms with Crippen LogP contribution >= 0.6 is 0 Å². The maximum absolute atomic E-state index is 10.7. The smallest absolute Gasteiger partial charge is 0.232 e. The summed E-state index contributed by atoms with van der Waals surface area (Å²) in [5.41, 5.74) is 0. The summed E-state index contributed by atoms with van der Waals surface area (Å²) < 4.78 is 0. The first kappa shape index (κ1) is 9.96. The summed E-state index contributed by atoms with van der Waals surface area (Å²) in [6.45, 7) is 2.12. The maximum Gasteiger partial charge on any atom is 0.232 e. The molecule has 0 aliphatic rings. The van der Waals surface area contributed by atoms with E-state index in [1.54, 1.807) is 6.19 Å². The van der Waals surface area contributed by atoms with Gasteiger partial charge < -0.3 is 0 Å². The van der Waals surface area contributed by atoms with Gasteiger partial charge in [0.2, 0.25) is 5.91 Å². The average Bonchev–Trinajstić information content (AvgIpc) is 1.99. The Labute approximate surface area is 67.4 Å². The number of amides is 1. The van der Waals surface area contributed by atoms with E-state index >= 15 is 0 Å². The van der Waals surface area contributed by atoms with Crippen LogP contribution in [0, 0.1) is 11.5 Å². The van der Waals surface area contributed by atoms with Crippen molar-refractivity contribution in [2.24, 2.45) is 0 Å². The molecule has 0 atom stereocenters. The minimum Gasteiger partial charge on any atom is -0.274 e. The maximum atomic E-state index is 10.7. The zero-order valence-corrected chi connectivity index (χ0v) is 6.89. The van der Waals surface area contributed by atoms with E-state index in [4.69, 9.17) is 5.26 Å². The fraction of sp³-hybridized carbons (Fsp3) is 0.750. The molecule has 0 radical (unpaired) electrons. The molecule has 1 N–H and O–H groups in total. The van der Waals surface area contributed by atoms with Gasteiger partial charge in [0.05, 0.1) is 0 Å². The fourth-order valence-corrected chi connectivity index (χ4v) is 0.837. The number of rotatable bonds is 5. The molecule has 0 saturated heterocycles. The van der Waals surface area contributed by atoms with Gasteiger partial charge in [-0.2, -0.15) is 5.26 Å². The Kier molecular flexibility index (Phi) is 6.40. The van der Waals surface area contributed by atoms with Crippen LogP contribution in [-0.4, -0.2) is 5.91 Å². The van der Waals surface area contributed by atoms with Crippen molar-refractivity contribution in [1.29, 1.82) is 5.26 Å². The van der Waals surface area contributed by atoms with Gasteiger partial charge in [-0.25, -0.2) is 0 Å². The summed E-state index contributed by atoms with van der Waals surface area (Å²) in [6.07, 6.45) is 6.39. The van der Waals surface area contributed by atoms with Crippen molar-refractivity contribution < 1.29 is 4.79 Å². The molecule has 3 heteroatoms. The van der Waals surface area contributed by atoms with Crippen LogP contribution in [0.1, 0.15) is 39.0 Å². The van der Waals surface area contributed by atoms with Crippen molar-refractivity contribution in [2.45, 2.75) is 39.0 Å². The van der Waals surface area contributed by atoms with E-state index in [1.807, 2.05) is 0 Å². The molecule has 0 fully saturated rings. The molecule has 0 aromatic carbocycles. The monoisotopic (exact) mass is 154 g/mol. The van der Waals surface area contributed by atoms with Crippen molar-refractivity contribution in [2.75, 3.05) is 0 Å². The highest BCUT2D eigenvalue weighted by Gasteiger charge is 1.97. The predicted octanol–water partition coefficient (Wildman–Crippen LogP) is 1.55. The van der Waals surface area contributed by atoms with Gasteiger partial charge in [0.1, 0.15) is 0 Å². The summed E-state index contributed by atoms with van der Waals surface area (Å²) >= 11 is 0. The molecular formula is C8H14N2O. The van der Waals surface area contributed by atoms with E-state index in [-0.39, 0.29) is 5.91 Å². The molecule has 0 unspecified atom stereocenters. The summed E-state index contributed by atoms with van der Waals surface area (Å²) in [7, 11) is 0. The van der Waals surface area contributed by atoms with E-state index < -0.39 is 0 Å². The lowest BCUT2D eigenvalue weighted by molar-refractivity contribution is -0.120. The molecule has 0 aromatic rings. The summed E-state index contributed by atoms with van der Waals surface area (Å²) in [6, 6.07) is 0. The standard InChI is InChI=1S/C8H14N2O/c1-2-3-4-5-6-8(11)10-7-9/h2-6H2,1H3,(H,10,11). The van der Waals surface area contributed by atoms with Crippen LogP contribution in [0.3, 0.4) is 0 Å². The molecule has 0 aliphatic heterocycles. The van der Waals surface area contributed by atoms with Gasteiger partial charge in [-0.3, -0.25) is 10.1 Å². The molecule has 11 heavy (non-hydrogen) atoms. The van der Waals surface area contributed by atoms with Gasteiger partial charge in [0.15, 0.2) is 6.19 Å². The van der Waals surface area contributed by atoms with Crippen molar-refractivity contribution in [3.63, 3.8) is 0 Å². The van der Waals surface area contributed by atoms with Crippen LogP contribution in [0.5, 0.6) is 0 Å². The second-order valence-electron chi connectivity index (χ2n) is 2.47. The molecule has 0 bridgehead atoms. The van der Waals surface area contributed by atoms with Crippen LogP contribution in [0.25, 0.3) is 0 Å². The van der Waals surface area contributed by atoms with Crippen LogP contribution in [0.4, 0.5) is 0 Å². The summed E-state index contributed by atoms with van der Waals surface area (Å²) in [4.78, 5) is 10.7. The minimum atomic E-state index is -0.163. The first-order chi connectivity index (χ1) is 5.31. The Bertz CT molecular complexity index is 149. The Morgan fingerprint density at radius 2 is 2.18 bits per heavy atom. The van der Waals surface area contributed by atoms with Gasteiger partial charge >= 0.3 is 0 Å². The van der Waals surface area contributed by atoms with Crippen LogP contribution < -0.4 is 5.32 Å². The lowest BCUT2D eigenvalue weighted by Crippen LogP contribution is -2.16. The third-order valence-electron chi connectivity index (χ3n) is 1.45. The molecule has 0 aliphatic carbocycles. The van der Waals surface area contributed by atoms with Crippen LogP contribution in [-0.2, 0) is 4.79 Å². The van der Waals surface area contributed by atoms with E-state index in [9.17, 15) is 4.79 Å². The summed E-state index contributed by atoms with van der Waals surface area (Å²) in [5.74, 6) is -0.163. The van der Waals surface area contributed by atoms with Crippen LogP contribution in [0.15, 0.2) is 0 Å². The Morgan fingerprint density at radius 1 is 1.45 bits per heavy atom. The Hall–Kier alpha value is -1.04. The fourth-order valence-electron chi connectivity index (χ4n) is 0.837. The normalized spacial score (nSPS) is 8.73. The van der Waals surface area contributed by atoms with Crippen molar-refractivity contribution in [3.8, 4) is 6.19 Å². The lowest BCUT2D eigenvalue weighted by Gasteiger charge is -1.96. The van der Waals surface area contributed by atoms with Crippen molar-refractivity contribution >= 4 is 5.91 Å². The minimum absolute atomic E-state index is 0.163. The van der Waals surface area contributed by atoms with Crippen LogP contribution in [0.2, 0.25) is 0 Å². The van der Waals surface area contributed by atoms with Crippen molar-refractivity contribution in [3.05, 3.63) is 0 Å². The van der Waals surface area contributed by atoms with Crippen molar-refractivity contribution in [1.82, 2.24) is 5.32 Å². The molecule has 0 spiro atoms. The number of carbonyl (C=O) groups is 1. The van der Waals surface area contributed by atoms with Gasteiger partial charge in [0, 0.05) is 6.42 Å². The Morgan fingerprint density at radius 3 is 2.73 bits per heavy atom. The second kappa shape index (κ2) is 7.07. The number of unbranched alkanes of at least 4 members (excludes halogenated alkanes) is 3. The first-order valence-corrected chi connectivity index (χ1v) is 3.99. The lowest BCUT2D eigenvalue weighted by atomic mass is 10.1. The number of carbonyl (C=O) groups excluding carboxylic acids is 1. The van der Waals surface area contributed by atoms with E-state index in [0.717, 1.165) is 12.8 Å². The molecular weight excluding hydrogens is 140 g/mol. The Balaban J connectivity index is 3.12. The van der Waals surface area contributed by atoms with Gasteiger partial charge in [-0.1, -0.05) is 26.2 Å². The van der Waals surface area contributed by atoms with Gasteiger partial charge in [0.25, 0.3) is 0 Å². The molecule has 1 amide bonds. The van der Waals surface area contributed by atoms with E-state index in [2.05, 4.69) is 12.2 Å². The number of hydrogen-bond donors (Lipinski definition) is 1. The van der Waals surface area contributed by atoms with Gasteiger partial charge in [-0.15, -0.1) is 0 Å². The van der Waals surface area contributed by atoms with E-state index in [0.29, 0.717) is 6.42 Å².